The predicted octanol–water partition coefficient (Wildman–Crippen LogP) is 1.04. The number of hydrogen-bond acceptors (Lipinski definition) is 4. The first-order valence-electron chi connectivity index (χ1n) is 5.25. The van der Waals surface area contributed by atoms with Gasteiger partial charge in [-0.15, -0.1) is 24.0 Å². The van der Waals surface area contributed by atoms with E-state index in [1.807, 2.05) is 0 Å². The molecule has 1 aliphatic heterocycles. The number of nitrogens with zero attached hydrogens (tertiary/aromatic N) is 2. The summed E-state index contributed by atoms with van der Waals surface area (Å²) in [5.74, 6) is 0.687. The molecule has 0 aliphatic carbocycles. The predicted molar refractivity (Wildman–Crippen MR) is 71.9 cm³/mol. The maximum absolute atomic E-state index is 12.0. The van der Waals surface area contributed by atoms with Crippen molar-refractivity contribution in [1.29, 1.82) is 0 Å². The van der Waals surface area contributed by atoms with E-state index in [1.54, 1.807) is 0 Å². The molecule has 0 aromatic heterocycles. The van der Waals surface area contributed by atoms with E-state index < -0.39 is 12.7 Å². The summed E-state index contributed by atoms with van der Waals surface area (Å²) in [4.78, 5) is 5.39. The molecule has 1 heterocycles. The van der Waals surface area contributed by atoms with Crippen molar-refractivity contribution in [2.24, 2.45) is 4.99 Å². The van der Waals surface area contributed by atoms with Crippen LogP contribution in [0.15, 0.2) is 4.99 Å². The Morgan fingerprint density at radius 2 is 2.18 bits per heavy atom. The van der Waals surface area contributed by atoms with Crippen LogP contribution in [0.2, 0.25) is 0 Å². The highest BCUT2D eigenvalue weighted by molar-refractivity contribution is 14.0. The van der Waals surface area contributed by atoms with Crippen LogP contribution in [0.25, 0.3) is 0 Å². The normalized spacial score (nSPS) is 15.9. The Morgan fingerprint density at radius 3 is 2.71 bits per heavy atom. The first-order valence-corrected chi connectivity index (χ1v) is 5.25. The second-order valence-electron chi connectivity index (χ2n) is 3.79. The second kappa shape index (κ2) is 7.96. The highest BCUT2D eigenvalue weighted by atomic mass is 127. The van der Waals surface area contributed by atoms with Gasteiger partial charge < -0.3 is 10.6 Å². The molecule has 0 amide bonds. The van der Waals surface area contributed by atoms with Crippen LogP contribution in [0, 0.1) is 0 Å². The molecule has 0 aromatic carbocycles. The lowest BCUT2D eigenvalue weighted by Crippen LogP contribution is -2.44. The van der Waals surface area contributed by atoms with Crippen LogP contribution in [0.5, 0.6) is 0 Å². The monoisotopic (exact) mass is 366 g/mol. The van der Waals surface area contributed by atoms with Crippen molar-refractivity contribution in [2.45, 2.75) is 12.6 Å². The Labute approximate surface area is 116 Å². The number of aliphatic imine (C=N–C) groups is 1. The van der Waals surface area contributed by atoms with Crippen molar-refractivity contribution in [2.75, 3.05) is 39.8 Å². The molecule has 8 heteroatoms. The van der Waals surface area contributed by atoms with Crippen LogP contribution < -0.4 is 10.6 Å². The topological polar surface area (TPSA) is 39.7 Å². The molecule has 0 saturated heterocycles. The van der Waals surface area contributed by atoms with Gasteiger partial charge in [-0.1, -0.05) is 0 Å². The van der Waals surface area contributed by atoms with Crippen LogP contribution in [0.4, 0.5) is 13.2 Å². The molecule has 1 aliphatic rings. The fourth-order valence-electron chi connectivity index (χ4n) is 1.40. The molecule has 102 valence electrons. The zero-order valence-corrected chi connectivity index (χ0v) is 12.0. The summed E-state index contributed by atoms with van der Waals surface area (Å²) in [5, 5.41) is 6.01. The number of alkyl halides is 3. The third-order valence-electron chi connectivity index (χ3n) is 2.13. The van der Waals surface area contributed by atoms with E-state index in [0.29, 0.717) is 19.0 Å². The van der Waals surface area contributed by atoms with Crippen molar-refractivity contribution in [3.8, 4) is 0 Å². The third-order valence-corrected chi connectivity index (χ3v) is 2.13. The molecule has 0 bridgehead atoms. The van der Waals surface area contributed by atoms with Crippen molar-refractivity contribution in [3.63, 3.8) is 0 Å². The second-order valence-corrected chi connectivity index (χ2v) is 3.79. The number of rotatable bonds is 4. The number of likely N-dealkylation sites (N-methyl/N-ethyl adjacent to an activating group) is 1. The van der Waals surface area contributed by atoms with E-state index in [1.165, 1.54) is 11.9 Å². The average Bonchev–Trinajstić information content (AvgIpc) is 2.16. The van der Waals surface area contributed by atoms with Crippen LogP contribution in [-0.2, 0) is 0 Å². The molecule has 0 radical (unpaired) electrons. The van der Waals surface area contributed by atoms with Crippen molar-refractivity contribution in [3.05, 3.63) is 0 Å². The standard InChI is InChI=1S/C9H17F3N4.HI/c1-16(7-9(10,11)12)6-5-15-8-13-3-2-4-14-8;/h2-7H2,1H3,(H2,13,14,15);1H. The number of hydrogen-bond donors (Lipinski definition) is 2. The minimum Gasteiger partial charge on any atom is -0.356 e. The zero-order chi connectivity index (χ0) is 12.0. The van der Waals surface area contributed by atoms with Gasteiger partial charge in [0.25, 0.3) is 0 Å². The lowest BCUT2D eigenvalue weighted by Gasteiger charge is -2.20. The molecule has 17 heavy (non-hydrogen) atoms. The molecular formula is C9H18F3IN4. The molecule has 0 atom stereocenters. The largest absolute Gasteiger partial charge is 0.401 e. The molecule has 0 aromatic rings. The van der Waals surface area contributed by atoms with E-state index in [9.17, 15) is 13.2 Å². The number of guanidine groups is 1. The van der Waals surface area contributed by atoms with E-state index in [-0.39, 0.29) is 24.0 Å². The summed E-state index contributed by atoms with van der Waals surface area (Å²) in [7, 11) is 1.45. The average molecular weight is 366 g/mol. The van der Waals surface area contributed by atoms with Crippen LogP contribution in [0.1, 0.15) is 6.42 Å². The number of halogens is 4. The molecule has 1 rings (SSSR count). The van der Waals surface area contributed by atoms with Gasteiger partial charge in [-0.25, -0.2) is 0 Å². The quantitative estimate of drug-likeness (QED) is 0.731. The van der Waals surface area contributed by atoms with Gasteiger partial charge >= 0.3 is 6.18 Å². The van der Waals surface area contributed by atoms with Gasteiger partial charge in [-0.05, 0) is 13.5 Å². The lowest BCUT2D eigenvalue weighted by molar-refractivity contribution is -0.142. The summed E-state index contributed by atoms with van der Waals surface area (Å²) < 4.78 is 36.0. The van der Waals surface area contributed by atoms with Gasteiger partial charge in [-0.3, -0.25) is 9.89 Å². The summed E-state index contributed by atoms with van der Waals surface area (Å²) in [5.41, 5.74) is 0. The van der Waals surface area contributed by atoms with E-state index in [4.69, 9.17) is 0 Å². The fraction of sp³-hybridized carbons (Fsp3) is 0.889. The summed E-state index contributed by atoms with van der Waals surface area (Å²) in [6, 6.07) is 0. The first-order chi connectivity index (χ1) is 7.47. The summed E-state index contributed by atoms with van der Waals surface area (Å²) >= 11 is 0. The Bertz CT molecular complexity index is 245. The minimum atomic E-state index is -4.13. The van der Waals surface area contributed by atoms with E-state index in [0.717, 1.165) is 19.5 Å². The Kier molecular flexibility index (Phi) is 7.84. The van der Waals surface area contributed by atoms with Crippen LogP contribution in [0.3, 0.4) is 0 Å². The van der Waals surface area contributed by atoms with Gasteiger partial charge in [0.15, 0.2) is 5.96 Å². The van der Waals surface area contributed by atoms with Crippen LogP contribution in [-0.4, -0.2) is 56.8 Å². The van der Waals surface area contributed by atoms with Gasteiger partial charge in [0.1, 0.15) is 0 Å². The maximum Gasteiger partial charge on any atom is 0.401 e. The zero-order valence-electron chi connectivity index (χ0n) is 9.68. The van der Waals surface area contributed by atoms with E-state index >= 15 is 0 Å². The van der Waals surface area contributed by atoms with Crippen molar-refractivity contribution in [1.82, 2.24) is 15.5 Å². The third kappa shape index (κ3) is 8.47. The number of nitrogens with one attached hydrogen (secondary N) is 2. The van der Waals surface area contributed by atoms with Crippen molar-refractivity contribution < 1.29 is 13.2 Å². The molecule has 4 nitrogen and oxygen atoms in total. The Balaban J connectivity index is 0.00000256. The first kappa shape index (κ1) is 16.8. The highest BCUT2D eigenvalue weighted by Gasteiger charge is 2.28. The van der Waals surface area contributed by atoms with Gasteiger partial charge in [0.2, 0.25) is 0 Å². The minimum absolute atomic E-state index is 0. The van der Waals surface area contributed by atoms with Gasteiger partial charge in [0.05, 0.1) is 6.54 Å². The highest BCUT2D eigenvalue weighted by Crippen LogP contribution is 2.14. The Hall–Kier alpha value is -0.250. The summed E-state index contributed by atoms with van der Waals surface area (Å²) in [6.07, 6.45) is -3.13. The van der Waals surface area contributed by atoms with Crippen LogP contribution >= 0.6 is 24.0 Å². The molecule has 0 saturated carbocycles. The SMILES string of the molecule is CN(CCNC1=NCCCN1)CC(F)(F)F.I. The van der Waals surface area contributed by atoms with E-state index in [2.05, 4.69) is 15.6 Å². The van der Waals surface area contributed by atoms with Gasteiger partial charge in [-0.2, -0.15) is 13.2 Å². The molecular weight excluding hydrogens is 348 g/mol. The molecule has 0 spiro atoms. The Morgan fingerprint density at radius 1 is 1.47 bits per heavy atom. The molecule has 0 fully saturated rings. The van der Waals surface area contributed by atoms with Crippen molar-refractivity contribution >= 4 is 29.9 Å². The van der Waals surface area contributed by atoms with Gasteiger partial charge in [0, 0.05) is 26.2 Å². The lowest BCUT2D eigenvalue weighted by atomic mass is 10.4. The molecule has 0 unspecified atom stereocenters. The summed E-state index contributed by atoms with van der Waals surface area (Å²) in [6.45, 7) is 1.55. The fourth-order valence-corrected chi connectivity index (χ4v) is 1.40. The maximum atomic E-state index is 12.0. The smallest absolute Gasteiger partial charge is 0.356 e. The molecule has 2 N–H and O–H groups in total.